The summed E-state index contributed by atoms with van der Waals surface area (Å²) < 4.78 is 10.9. The Hall–Kier alpha value is -2.54. The molecule has 0 spiro atoms. The summed E-state index contributed by atoms with van der Waals surface area (Å²) in [5.41, 5.74) is 1.38. The number of rotatable bonds is 5. The summed E-state index contributed by atoms with van der Waals surface area (Å²) in [5.74, 6) is 2.22. The number of nitrogens with one attached hydrogen (secondary N) is 1. The summed E-state index contributed by atoms with van der Waals surface area (Å²) in [4.78, 5) is 9.03. The summed E-state index contributed by atoms with van der Waals surface area (Å²) in [6.45, 7) is 8.19. The normalized spacial score (nSPS) is 13.2. The van der Waals surface area contributed by atoms with E-state index in [0.29, 0.717) is 29.9 Å². The maximum Gasteiger partial charge on any atom is 0.258 e. The van der Waals surface area contributed by atoms with Crippen LogP contribution in [0.25, 0.3) is 22.9 Å². The van der Waals surface area contributed by atoms with Crippen molar-refractivity contribution in [3.8, 4) is 22.9 Å². The third-order valence-corrected chi connectivity index (χ3v) is 3.93. The van der Waals surface area contributed by atoms with E-state index >= 15 is 0 Å². The fraction of sp³-hybridized carbons (Fsp3) is 0.444. The van der Waals surface area contributed by atoms with Crippen LogP contribution in [0.5, 0.6) is 0 Å². The van der Waals surface area contributed by atoms with Crippen molar-refractivity contribution in [1.82, 2.24) is 25.6 Å². The first-order valence-electron chi connectivity index (χ1n) is 8.32. The number of likely N-dealkylation sites (N-methyl/N-ethyl adjacent to an activating group) is 1. The molecule has 0 saturated heterocycles. The minimum Gasteiger partial charge on any atom is -0.334 e. The molecule has 1 aromatic carbocycles. The molecule has 0 fully saturated rings. The van der Waals surface area contributed by atoms with Crippen LogP contribution < -0.4 is 5.32 Å². The minimum absolute atomic E-state index is 0.183. The zero-order valence-corrected chi connectivity index (χ0v) is 15.2. The standard InChI is InChI=1S/C18H23N5O2/c1-11(19-5)10-14-20-15(24-22-14)12-8-6-7-9-13(12)16-21-17(23-25-16)18(2,3)4/h6-9,11,19H,10H2,1-5H3. The summed E-state index contributed by atoms with van der Waals surface area (Å²) in [6, 6.07) is 7.93. The van der Waals surface area contributed by atoms with Gasteiger partial charge in [-0.1, -0.05) is 43.2 Å². The van der Waals surface area contributed by atoms with Crippen molar-refractivity contribution in [1.29, 1.82) is 0 Å². The van der Waals surface area contributed by atoms with E-state index in [1.165, 1.54) is 0 Å². The van der Waals surface area contributed by atoms with Gasteiger partial charge in [0, 0.05) is 17.9 Å². The first-order valence-corrected chi connectivity index (χ1v) is 8.32. The van der Waals surface area contributed by atoms with Crippen LogP contribution in [0.4, 0.5) is 0 Å². The monoisotopic (exact) mass is 341 g/mol. The highest BCUT2D eigenvalue weighted by Gasteiger charge is 2.23. The molecule has 2 heterocycles. The van der Waals surface area contributed by atoms with E-state index in [-0.39, 0.29) is 11.5 Å². The van der Waals surface area contributed by atoms with E-state index in [0.717, 1.165) is 11.1 Å². The lowest BCUT2D eigenvalue weighted by Gasteiger charge is -2.10. The second-order valence-electron chi connectivity index (χ2n) is 7.13. The van der Waals surface area contributed by atoms with E-state index in [2.05, 4.69) is 32.5 Å². The first kappa shape index (κ1) is 17.3. The summed E-state index contributed by atoms with van der Waals surface area (Å²) >= 11 is 0. The predicted octanol–water partition coefficient (Wildman–Crippen LogP) is 3.23. The smallest absolute Gasteiger partial charge is 0.258 e. The topological polar surface area (TPSA) is 89.9 Å². The van der Waals surface area contributed by atoms with Crippen LogP contribution in [-0.2, 0) is 11.8 Å². The van der Waals surface area contributed by atoms with E-state index in [4.69, 9.17) is 9.05 Å². The molecule has 0 aliphatic carbocycles. The van der Waals surface area contributed by atoms with Crippen LogP contribution in [0.1, 0.15) is 39.3 Å². The highest BCUT2D eigenvalue weighted by atomic mass is 16.5. The van der Waals surface area contributed by atoms with E-state index in [1.54, 1.807) is 0 Å². The molecule has 7 nitrogen and oxygen atoms in total. The minimum atomic E-state index is -0.183. The highest BCUT2D eigenvalue weighted by molar-refractivity contribution is 5.75. The van der Waals surface area contributed by atoms with Crippen molar-refractivity contribution in [2.75, 3.05) is 7.05 Å². The van der Waals surface area contributed by atoms with Gasteiger partial charge in [-0.05, 0) is 26.1 Å². The Balaban J connectivity index is 1.95. The Morgan fingerprint density at radius 1 is 1.00 bits per heavy atom. The van der Waals surface area contributed by atoms with Gasteiger partial charge in [0.15, 0.2) is 11.6 Å². The van der Waals surface area contributed by atoms with Crippen LogP contribution in [0.2, 0.25) is 0 Å². The van der Waals surface area contributed by atoms with Gasteiger partial charge in [0.1, 0.15) is 0 Å². The average molecular weight is 341 g/mol. The third-order valence-electron chi connectivity index (χ3n) is 3.93. The van der Waals surface area contributed by atoms with Gasteiger partial charge in [0.05, 0.1) is 11.1 Å². The average Bonchev–Trinajstić information content (AvgIpc) is 3.23. The molecule has 3 rings (SSSR count). The van der Waals surface area contributed by atoms with Gasteiger partial charge in [-0.2, -0.15) is 9.97 Å². The molecule has 0 saturated carbocycles. The molecule has 0 aliphatic rings. The van der Waals surface area contributed by atoms with E-state index in [9.17, 15) is 0 Å². The van der Waals surface area contributed by atoms with Crippen LogP contribution in [0.3, 0.4) is 0 Å². The SMILES string of the molecule is CNC(C)Cc1noc(-c2ccccc2-c2nc(C(C)(C)C)no2)n1. The van der Waals surface area contributed by atoms with Crippen LogP contribution >= 0.6 is 0 Å². The zero-order valence-electron chi connectivity index (χ0n) is 15.2. The molecule has 1 unspecified atom stereocenters. The molecule has 0 aliphatic heterocycles. The molecule has 3 aromatic rings. The molecular weight excluding hydrogens is 318 g/mol. The Labute approximate surface area is 146 Å². The van der Waals surface area contributed by atoms with Gasteiger partial charge in [0.25, 0.3) is 11.8 Å². The summed E-state index contributed by atoms with van der Waals surface area (Å²) in [7, 11) is 1.91. The molecule has 0 bridgehead atoms. The number of benzene rings is 1. The summed E-state index contributed by atoms with van der Waals surface area (Å²) in [5, 5.41) is 11.3. The van der Waals surface area contributed by atoms with Crippen molar-refractivity contribution in [3.05, 3.63) is 35.9 Å². The first-order chi connectivity index (χ1) is 11.9. The van der Waals surface area contributed by atoms with Crippen molar-refractivity contribution < 1.29 is 9.05 Å². The van der Waals surface area contributed by atoms with E-state index < -0.39 is 0 Å². The Morgan fingerprint density at radius 2 is 1.60 bits per heavy atom. The molecule has 25 heavy (non-hydrogen) atoms. The Morgan fingerprint density at radius 3 is 2.16 bits per heavy atom. The highest BCUT2D eigenvalue weighted by Crippen LogP contribution is 2.31. The number of aromatic nitrogens is 4. The predicted molar refractivity (Wildman–Crippen MR) is 94.0 cm³/mol. The maximum absolute atomic E-state index is 5.47. The summed E-state index contributed by atoms with van der Waals surface area (Å²) in [6.07, 6.45) is 0.691. The van der Waals surface area contributed by atoms with Crippen LogP contribution in [0, 0.1) is 0 Å². The Bertz CT molecular complexity index is 847. The Kier molecular flexibility index (Phi) is 4.67. The molecular formula is C18H23N5O2. The quantitative estimate of drug-likeness (QED) is 0.762. The lowest BCUT2D eigenvalue weighted by Crippen LogP contribution is -2.24. The van der Waals surface area contributed by atoms with Crippen molar-refractivity contribution in [2.45, 2.75) is 45.6 Å². The van der Waals surface area contributed by atoms with Gasteiger partial charge in [-0.15, -0.1) is 0 Å². The second-order valence-corrected chi connectivity index (χ2v) is 7.13. The molecule has 2 aromatic heterocycles. The lowest BCUT2D eigenvalue weighted by atomic mass is 9.96. The number of nitrogens with zero attached hydrogens (tertiary/aromatic N) is 4. The fourth-order valence-electron chi connectivity index (χ4n) is 2.32. The van der Waals surface area contributed by atoms with Crippen LogP contribution in [0.15, 0.2) is 33.3 Å². The van der Waals surface area contributed by atoms with Gasteiger partial charge >= 0.3 is 0 Å². The maximum atomic E-state index is 5.47. The molecule has 1 atom stereocenters. The van der Waals surface area contributed by atoms with Crippen LogP contribution in [-0.4, -0.2) is 33.4 Å². The largest absolute Gasteiger partial charge is 0.334 e. The number of hydrogen-bond acceptors (Lipinski definition) is 7. The lowest BCUT2D eigenvalue weighted by molar-refractivity contribution is 0.401. The molecule has 0 amide bonds. The van der Waals surface area contributed by atoms with Gasteiger partial charge in [-0.25, -0.2) is 0 Å². The molecule has 1 N–H and O–H groups in total. The molecule has 132 valence electrons. The number of hydrogen-bond donors (Lipinski definition) is 1. The van der Waals surface area contributed by atoms with Gasteiger partial charge in [0.2, 0.25) is 0 Å². The van der Waals surface area contributed by atoms with E-state index in [1.807, 2.05) is 52.1 Å². The second kappa shape index (κ2) is 6.76. The van der Waals surface area contributed by atoms with Gasteiger partial charge in [-0.3, -0.25) is 0 Å². The van der Waals surface area contributed by atoms with Gasteiger partial charge < -0.3 is 14.4 Å². The zero-order chi connectivity index (χ0) is 18.0. The third kappa shape index (κ3) is 3.76. The molecule has 0 radical (unpaired) electrons. The van der Waals surface area contributed by atoms with Crippen molar-refractivity contribution in [2.24, 2.45) is 0 Å². The van der Waals surface area contributed by atoms with Crippen molar-refractivity contribution >= 4 is 0 Å². The molecule has 7 heteroatoms. The van der Waals surface area contributed by atoms with Crippen molar-refractivity contribution in [3.63, 3.8) is 0 Å². The fourth-order valence-corrected chi connectivity index (χ4v) is 2.32.